The highest BCUT2D eigenvalue weighted by molar-refractivity contribution is 7.83. The van der Waals surface area contributed by atoms with Gasteiger partial charge in [0.25, 0.3) is 5.91 Å². The van der Waals surface area contributed by atoms with Crippen LogP contribution in [0.15, 0.2) is 127 Å². The lowest BCUT2D eigenvalue weighted by atomic mass is 10.2. The van der Waals surface area contributed by atoms with Crippen molar-refractivity contribution in [3.05, 3.63) is 132 Å². The molecule has 0 unspecified atom stereocenters. The van der Waals surface area contributed by atoms with E-state index in [1.807, 2.05) is 110 Å². The van der Waals surface area contributed by atoms with E-state index in [0.717, 1.165) is 11.3 Å². The molecule has 0 aliphatic carbocycles. The lowest BCUT2D eigenvalue weighted by molar-refractivity contribution is -0.112. The molecule has 4 rings (SSSR count). The van der Waals surface area contributed by atoms with Crippen molar-refractivity contribution >= 4 is 35.0 Å². The Balaban J connectivity index is 1.84. The number of para-hydroxylation sites is 1. The number of rotatable bonds is 7. The van der Waals surface area contributed by atoms with Crippen molar-refractivity contribution < 1.29 is 9.36 Å². The molecule has 0 saturated carbocycles. The fraction of sp³-hybridized carbons (Fsp3) is 0.0357. The lowest BCUT2D eigenvalue weighted by Gasteiger charge is -2.22. The second-order valence-corrected chi connectivity index (χ2v) is 10.4. The number of nitrogens with one attached hydrogen (secondary N) is 2. The maximum absolute atomic E-state index is 14.9. The summed E-state index contributed by atoms with van der Waals surface area (Å²) in [5, 5.41) is 7.46. The second kappa shape index (κ2) is 10.2. The number of amides is 1. The van der Waals surface area contributed by atoms with Gasteiger partial charge in [0.1, 0.15) is 5.31 Å². The van der Waals surface area contributed by atoms with Crippen molar-refractivity contribution in [2.45, 2.75) is 6.92 Å². The molecule has 5 heteroatoms. The van der Waals surface area contributed by atoms with Crippen molar-refractivity contribution in [1.29, 1.82) is 0 Å². The fourth-order valence-corrected chi connectivity index (χ4v) is 6.15. The number of hydrogen-bond donors (Lipinski definition) is 2. The molecule has 0 aromatic heterocycles. The third-order valence-electron chi connectivity index (χ3n) is 5.27. The molecular weight excluding hydrogens is 427 g/mol. The molecule has 164 valence electrons. The third-order valence-corrected chi connectivity index (χ3v) is 8.33. The fourth-order valence-electron chi connectivity index (χ4n) is 3.52. The largest absolute Gasteiger partial charge is 0.361 e. The Labute approximate surface area is 194 Å². The summed E-state index contributed by atoms with van der Waals surface area (Å²) in [6, 6.07) is 35.3. The van der Waals surface area contributed by atoms with E-state index in [9.17, 15) is 9.36 Å². The van der Waals surface area contributed by atoms with Gasteiger partial charge in [0, 0.05) is 28.2 Å². The maximum Gasteiger partial charge on any atom is 0.261 e. The lowest BCUT2D eigenvalue weighted by Crippen LogP contribution is -2.25. The van der Waals surface area contributed by atoms with E-state index in [2.05, 4.69) is 10.6 Å². The van der Waals surface area contributed by atoms with Crippen molar-refractivity contribution in [2.24, 2.45) is 0 Å². The van der Waals surface area contributed by atoms with Crippen LogP contribution in [-0.2, 0) is 9.36 Å². The number of benzene rings is 4. The number of aryl methyl sites for hydroxylation is 1. The van der Waals surface area contributed by atoms with Gasteiger partial charge in [-0.2, -0.15) is 0 Å². The Morgan fingerprint density at radius 1 is 0.667 bits per heavy atom. The topological polar surface area (TPSA) is 58.2 Å². The predicted molar refractivity (Wildman–Crippen MR) is 138 cm³/mol. The zero-order valence-corrected chi connectivity index (χ0v) is 19.2. The zero-order chi connectivity index (χ0) is 23.1. The van der Waals surface area contributed by atoms with Crippen LogP contribution in [0.25, 0.3) is 0 Å². The van der Waals surface area contributed by atoms with Crippen LogP contribution in [0.5, 0.6) is 0 Å². The van der Waals surface area contributed by atoms with Gasteiger partial charge in [-0.15, -0.1) is 0 Å². The SMILES string of the molecule is Cc1ccc(N/C=C(\C(=O)Nc2ccccc2)P(=O)(c2ccccc2)c2ccccc2)cc1. The van der Waals surface area contributed by atoms with Gasteiger partial charge in [-0.1, -0.05) is 96.6 Å². The summed E-state index contributed by atoms with van der Waals surface area (Å²) in [4.78, 5) is 13.6. The van der Waals surface area contributed by atoms with E-state index >= 15 is 0 Å². The van der Waals surface area contributed by atoms with Crippen molar-refractivity contribution in [2.75, 3.05) is 10.6 Å². The van der Waals surface area contributed by atoms with Gasteiger partial charge in [0.15, 0.2) is 7.14 Å². The molecule has 0 aliphatic rings. The third kappa shape index (κ3) is 5.14. The number of anilines is 2. The quantitative estimate of drug-likeness (QED) is 0.271. The Morgan fingerprint density at radius 3 is 1.67 bits per heavy atom. The maximum atomic E-state index is 14.9. The second-order valence-electron chi connectivity index (χ2n) is 7.64. The summed E-state index contributed by atoms with van der Waals surface area (Å²) in [6.45, 7) is 2.01. The average Bonchev–Trinajstić information content (AvgIpc) is 2.87. The number of hydrogen-bond acceptors (Lipinski definition) is 3. The molecule has 4 aromatic carbocycles. The van der Waals surface area contributed by atoms with Crippen molar-refractivity contribution in [3.63, 3.8) is 0 Å². The van der Waals surface area contributed by atoms with Gasteiger partial charge in [-0.3, -0.25) is 4.79 Å². The molecule has 4 aromatic rings. The monoisotopic (exact) mass is 452 g/mol. The first-order chi connectivity index (χ1) is 16.1. The zero-order valence-electron chi connectivity index (χ0n) is 18.3. The van der Waals surface area contributed by atoms with Crippen molar-refractivity contribution in [1.82, 2.24) is 0 Å². The van der Waals surface area contributed by atoms with Gasteiger partial charge < -0.3 is 15.2 Å². The Morgan fingerprint density at radius 2 is 1.15 bits per heavy atom. The molecule has 0 radical (unpaired) electrons. The molecule has 1 amide bonds. The molecule has 0 fully saturated rings. The Bertz CT molecular complexity index is 1240. The highest BCUT2D eigenvalue weighted by Gasteiger charge is 2.36. The predicted octanol–water partition coefficient (Wildman–Crippen LogP) is 5.90. The highest BCUT2D eigenvalue weighted by atomic mass is 31.2. The van der Waals surface area contributed by atoms with Crippen LogP contribution in [0.1, 0.15) is 5.56 Å². The molecule has 4 nitrogen and oxygen atoms in total. The van der Waals surface area contributed by atoms with Crippen LogP contribution in [0.3, 0.4) is 0 Å². The first-order valence-electron chi connectivity index (χ1n) is 10.7. The highest BCUT2D eigenvalue weighted by Crippen LogP contribution is 2.52. The summed E-state index contributed by atoms with van der Waals surface area (Å²) in [5.41, 5.74) is 2.57. The number of carbonyl (C=O) groups is 1. The van der Waals surface area contributed by atoms with Crippen molar-refractivity contribution in [3.8, 4) is 0 Å². The summed E-state index contributed by atoms with van der Waals surface area (Å²) in [5.74, 6) is -0.420. The molecule has 0 spiro atoms. The Hall–Kier alpha value is -3.88. The summed E-state index contributed by atoms with van der Waals surface area (Å²) >= 11 is 0. The van der Waals surface area contributed by atoms with Gasteiger partial charge in [-0.25, -0.2) is 0 Å². The summed E-state index contributed by atoms with van der Waals surface area (Å²) < 4.78 is 14.9. The van der Waals surface area contributed by atoms with E-state index in [1.54, 1.807) is 18.3 Å². The molecule has 0 bridgehead atoms. The molecule has 0 aliphatic heterocycles. The molecule has 2 N–H and O–H groups in total. The minimum atomic E-state index is -3.49. The summed E-state index contributed by atoms with van der Waals surface area (Å²) in [6.07, 6.45) is 1.57. The standard InChI is InChI=1S/C28H25N2O2P/c1-22-17-19-23(20-18-22)29-21-27(28(31)30-24-11-5-2-6-12-24)33(32,25-13-7-3-8-14-25)26-15-9-4-10-16-26/h2-21,29H,1H3,(H,30,31)/b27-21+. The molecular formula is C28H25N2O2P. The molecule has 0 saturated heterocycles. The molecule has 0 heterocycles. The van der Waals surface area contributed by atoms with E-state index in [-0.39, 0.29) is 5.31 Å². The van der Waals surface area contributed by atoms with E-state index < -0.39 is 13.0 Å². The van der Waals surface area contributed by atoms with E-state index in [1.165, 1.54) is 0 Å². The van der Waals surface area contributed by atoms with Gasteiger partial charge in [-0.05, 0) is 31.2 Å². The minimum Gasteiger partial charge on any atom is -0.361 e. The van der Waals surface area contributed by atoms with E-state index in [4.69, 9.17) is 0 Å². The van der Waals surface area contributed by atoms with Crippen LogP contribution >= 0.6 is 7.14 Å². The minimum absolute atomic E-state index is 0.171. The van der Waals surface area contributed by atoms with Gasteiger partial charge in [0.05, 0.1) is 0 Å². The Kier molecular flexibility index (Phi) is 6.87. The smallest absolute Gasteiger partial charge is 0.261 e. The molecule has 0 atom stereocenters. The van der Waals surface area contributed by atoms with E-state index in [0.29, 0.717) is 16.3 Å². The van der Waals surface area contributed by atoms with Crippen LogP contribution < -0.4 is 21.2 Å². The van der Waals surface area contributed by atoms with Crippen LogP contribution in [0, 0.1) is 6.92 Å². The first kappa shape index (κ1) is 22.3. The number of carbonyl (C=O) groups excluding carboxylic acids is 1. The van der Waals surface area contributed by atoms with Gasteiger partial charge >= 0.3 is 0 Å². The van der Waals surface area contributed by atoms with Crippen LogP contribution in [0.4, 0.5) is 11.4 Å². The first-order valence-corrected chi connectivity index (χ1v) is 12.4. The summed E-state index contributed by atoms with van der Waals surface area (Å²) in [7, 11) is -3.49. The molecule has 33 heavy (non-hydrogen) atoms. The van der Waals surface area contributed by atoms with Gasteiger partial charge in [0.2, 0.25) is 0 Å². The van der Waals surface area contributed by atoms with Crippen LogP contribution in [0.2, 0.25) is 0 Å². The average molecular weight is 452 g/mol. The normalized spacial score (nSPS) is 11.6. The van der Waals surface area contributed by atoms with Crippen LogP contribution in [-0.4, -0.2) is 5.91 Å².